The Bertz CT molecular complexity index is 488. The minimum atomic E-state index is 0.614. The van der Waals surface area contributed by atoms with Gasteiger partial charge in [-0.3, -0.25) is 4.68 Å². The van der Waals surface area contributed by atoms with Crippen molar-refractivity contribution in [3.8, 4) is 0 Å². The van der Waals surface area contributed by atoms with Gasteiger partial charge in [0, 0.05) is 45.2 Å². The highest BCUT2D eigenvalue weighted by Gasteiger charge is 2.04. The van der Waals surface area contributed by atoms with Crippen molar-refractivity contribution in [3.05, 3.63) is 29.2 Å². The van der Waals surface area contributed by atoms with Crippen molar-refractivity contribution in [1.82, 2.24) is 25.2 Å². The summed E-state index contributed by atoms with van der Waals surface area (Å²) in [5.41, 5.74) is 2.28. The molecule has 17 heavy (non-hydrogen) atoms. The number of hydrogen-bond donors (Lipinski definition) is 1. The van der Waals surface area contributed by atoms with Gasteiger partial charge >= 0.3 is 0 Å². The van der Waals surface area contributed by atoms with Crippen LogP contribution in [0.1, 0.15) is 23.0 Å². The summed E-state index contributed by atoms with van der Waals surface area (Å²) in [7, 11) is 1.93. The summed E-state index contributed by atoms with van der Waals surface area (Å²) in [6.45, 7) is 5.45. The van der Waals surface area contributed by atoms with Gasteiger partial charge in [-0.25, -0.2) is 0 Å². The average Bonchev–Trinajstić information content (AvgIpc) is 2.81. The fraction of sp³-hybridized carbons (Fsp3) is 0.545. The highest BCUT2D eigenvalue weighted by atomic mass is 16.5. The first-order chi connectivity index (χ1) is 8.15. The fourth-order valence-corrected chi connectivity index (χ4v) is 1.69. The second-order valence-corrected chi connectivity index (χ2v) is 4.07. The standard InChI is InChI=1S/C11H17N5O/c1-8-10(7-16(3)14-8)6-12-5-4-11-13-9(2)17-15-11/h7,12H,4-6H2,1-3H3. The molecule has 0 aliphatic carbocycles. The predicted molar refractivity (Wildman–Crippen MR) is 62.4 cm³/mol. The van der Waals surface area contributed by atoms with E-state index in [1.54, 1.807) is 6.92 Å². The molecule has 2 rings (SSSR count). The zero-order chi connectivity index (χ0) is 12.3. The minimum Gasteiger partial charge on any atom is -0.340 e. The SMILES string of the molecule is Cc1nc(CCNCc2cn(C)nc2C)no1. The van der Waals surface area contributed by atoms with Gasteiger partial charge in [0.1, 0.15) is 0 Å². The van der Waals surface area contributed by atoms with Crippen LogP contribution in [0.2, 0.25) is 0 Å². The fourth-order valence-electron chi connectivity index (χ4n) is 1.69. The number of hydrogen-bond acceptors (Lipinski definition) is 5. The van der Waals surface area contributed by atoms with Crippen molar-refractivity contribution in [2.24, 2.45) is 7.05 Å². The third kappa shape index (κ3) is 3.13. The van der Waals surface area contributed by atoms with E-state index in [-0.39, 0.29) is 0 Å². The van der Waals surface area contributed by atoms with E-state index >= 15 is 0 Å². The first kappa shape index (κ1) is 11.8. The van der Waals surface area contributed by atoms with E-state index in [0.29, 0.717) is 5.89 Å². The van der Waals surface area contributed by atoms with Gasteiger partial charge in [-0.15, -0.1) is 0 Å². The number of nitrogens with zero attached hydrogens (tertiary/aromatic N) is 4. The minimum absolute atomic E-state index is 0.614. The molecule has 1 N–H and O–H groups in total. The van der Waals surface area contributed by atoms with Gasteiger partial charge in [0.15, 0.2) is 5.82 Å². The monoisotopic (exact) mass is 235 g/mol. The maximum Gasteiger partial charge on any atom is 0.223 e. The van der Waals surface area contributed by atoms with E-state index in [4.69, 9.17) is 4.52 Å². The van der Waals surface area contributed by atoms with Gasteiger partial charge in [0.05, 0.1) is 5.69 Å². The van der Waals surface area contributed by atoms with Crippen LogP contribution in [0.15, 0.2) is 10.7 Å². The van der Waals surface area contributed by atoms with Crippen molar-refractivity contribution < 1.29 is 4.52 Å². The second kappa shape index (κ2) is 5.09. The molecule has 2 aromatic heterocycles. The van der Waals surface area contributed by atoms with Gasteiger partial charge in [0.2, 0.25) is 5.89 Å². The molecule has 0 saturated carbocycles. The average molecular weight is 235 g/mol. The van der Waals surface area contributed by atoms with E-state index in [2.05, 4.69) is 20.6 Å². The Balaban J connectivity index is 1.75. The van der Waals surface area contributed by atoms with Crippen LogP contribution in [0, 0.1) is 13.8 Å². The first-order valence-corrected chi connectivity index (χ1v) is 5.64. The lowest BCUT2D eigenvalue weighted by molar-refractivity contribution is 0.387. The maximum atomic E-state index is 4.90. The lowest BCUT2D eigenvalue weighted by Crippen LogP contribution is -2.17. The molecule has 0 unspecified atom stereocenters. The smallest absolute Gasteiger partial charge is 0.223 e. The van der Waals surface area contributed by atoms with Gasteiger partial charge in [-0.05, 0) is 6.92 Å². The van der Waals surface area contributed by atoms with Crippen LogP contribution >= 0.6 is 0 Å². The molecule has 6 heteroatoms. The summed E-state index contributed by atoms with van der Waals surface area (Å²) in [5.74, 6) is 1.36. The first-order valence-electron chi connectivity index (χ1n) is 5.64. The third-order valence-electron chi connectivity index (χ3n) is 2.53. The van der Waals surface area contributed by atoms with Crippen LogP contribution < -0.4 is 5.32 Å². The third-order valence-corrected chi connectivity index (χ3v) is 2.53. The van der Waals surface area contributed by atoms with E-state index in [9.17, 15) is 0 Å². The highest BCUT2D eigenvalue weighted by Crippen LogP contribution is 2.03. The van der Waals surface area contributed by atoms with Crippen LogP contribution in [0.25, 0.3) is 0 Å². The molecule has 0 aliphatic heterocycles. The molecule has 92 valence electrons. The summed E-state index contributed by atoms with van der Waals surface area (Å²) in [4.78, 5) is 4.14. The Hall–Kier alpha value is -1.69. The molecule has 0 aliphatic rings. The summed E-state index contributed by atoms with van der Waals surface area (Å²) in [6.07, 6.45) is 2.80. The van der Waals surface area contributed by atoms with Crippen LogP contribution in [-0.2, 0) is 20.0 Å². The molecule has 2 heterocycles. The summed E-state index contributed by atoms with van der Waals surface area (Å²) in [5, 5.41) is 11.5. The maximum absolute atomic E-state index is 4.90. The van der Waals surface area contributed by atoms with E-state index in [1.807, 2.05) is 24.9 Å². The molecule has 0 bridgehead atoms. The van der Waals surface area contributed by atoms with Crippen LogP contribution in [0.4, 0.5) is 0 Å². The molecule has 0 spiro atoms. The van der Waals surface area contributed by atoms with Crippen molar-refractivity contribution in [2.75, 3.05) is 6.54 Å². The lowest BCUT2D eigenvalue weighted by atomic mass is 10.2. The number of aryl methyl sites for hydroxylation is 3. The summed E-state index contributed by atoms with van der Waals surface area (Å²) < 4.78 is 6.73. The largest absolute Gasteiger partial charge is 0.340 e. The summed E-state index contributed by atoms with van der Waals surface area (Å²) in [6, 6.07) is 0. The zero-order valence-electron chi connectivity index (χ0n) is 10.4. The van der Waals surface area contributed by atoms with Gasteiger partial charge in [0.25, 0.3) is 0 Å². The van der Waals surface area contributed by atoms with Crippen LogP contribution in [0.3, 0.4) is 0 Å². The summed E-state index contributed by atoms with van der Waals surface area (Å²) >= 11 is 0. The van der Waals surface area contributed by atoms with Crippen molar-refractivity contribution in [1.29, 1.82) is 0 Å². The van der Waals surface area contributed by atoms with Gasteiger partial charge < -0.3 is 9.84 Å². The normalized spacial score (nSPS) is 11.0. The Morgan fingerprint density at radius 1 is 1.41 bits per heavy atom. The molecular formula is C11H17N5O. The molecule has 0 amide bonds. The Labute approximate surface area is 100 Å². The number of aromatic nitrogens is 4. The molecule has 0 radical (unpaired) electrons. The quantitative estimate of drug-likeness (QED) is 0.775. The number of rotatable bonds is 5. The Morgan fingerprint density at radius 3 is 2.82 bits per heavy atom. The molecule has 6 nitrogen and oxygen atoms in total. The zero-order valence-corrected chi connectivity index (χ0v) is 10.4. The topological polar surface area (TPSA) is 68.8 Å². The van der Waals surface area contributed by atoms with E-state index in [0.717, 1.165) is 31.0 Å². The molecule has 0 atom stereocenters. The predicted octanol–water partition coefficient (Wildman–Crippen LogP) is 0.752. The van der Waals surface area contributed by atoms with Crippen molar-refractivity contribution in [2.45, 2.75) is 26.8 Å². The highest BCUT2D eigenvalue weighted by molar-refractivity contribution is 5.14. The van der Waals surface area contributed by atoms with Gasteiger partial charge in [-0.1, -0.05) is 5.16 Å². The second-order valence-electron chi connectivity index (χ2n) is 4.07. The molecule has 2 aromatic rings. The van der Waals surface area contributed by atoms with Gasteiger partial charge in [-0.2, -0.15) is 10.1 Å². The molecule has 0 aromatic carbocycles. The Morgan fingerprint density at radius 2 is 2.24 bits per heavy atom. The van der Waals surface area contributed by atoms with Crippen molar-refractivity contribution in [3.63, 3.8) is 0 Å². The van der Waals surface area contributed by atoms with Crippen LogP contribution in [-0.4, -0.2) is 26.5 Å². The van der Waals surface area contributed by atoms with Crippen LogP contribution in [0.5, 0.6) is 0 Å². The molecule has 0 saturated heterocycles. The molecule has 0 fully saturated rings. The van der Waals surface area contributed by atoms with E-state index < -0.39 is 0 Å². The van der Waals surface area contributed by atoms with E-state index in [1.165, 1.54) is 5.56 Å². The van der Waals surface area contributed by atoms with Crippen molar-refractivity contribution >= 4 is 0 Å². The lowest BCUT2D eigenvalue weighted by Gasteiger charge is -2.00. The Kier molecular flexibility index (Phi) is 3.53. The molecular weight excluding hydrogens is 218 g/mol. The number of nitrogens with one attached hydrogen (secondary N) is 1.